The van der Waals surface area contributed by atoms with E-state index in [1.54, 1.807) is 6.92 Å². The van der Waals surface area contributed by atoms with E-state index in [4.69, 9.17) is 10.5 Å². The third-order valence-electron chi connectivity index (χ3n) is 6.83. The second-order valence-electron chi connectivity index (χ2n) is 10.3. The molecule has 1 saturated heterocycles. The minimum Gasteiger partial charge on any atom is -0.464 e. The van der Waals surface area contributed by atoms with E-state index in [-0.39, 0.29) is 61.1 Å². The quantitative estimate of drug-likeness (QED) is 0.270. The van der Waals surface area contributed by atoms with Crippen LogP contribution in [0, 0.1) is 23.4 Å². The fourth-order valence-corrected chi connectivity index (χ4v) is 5.91. The molecule has 2 aromatic rings. The van der Waals surface area contributed by atoms with Crippen molar-refractivity contribution in [2.24, 2.45) is 11.7 Å². The van der Waals surface area contributed by atoms with Crippen LogP contribution >= 0.6 is 24.2 Å². The van der Waals surface area contributed by atoms with E-state index >= 15 is 0 Å². The largest absolute Gasteiger partial charge is 0.464 e. The molecule has 2 amide bonds. The van der Waals surface area contributed by atoms with Crippen molar-refractivity contribution in [3.8, 4) is 0 Å². The lowest BCUT2D eigenvalue weighted by Gasteiger charge is -2.31. The number of carbonyl (C=O) groups excluding carboxylic acids is 3. The van der Waals surface area contributed by atoms with Gasteiger partial charge in [0.25, 0.3) is 5.91 Å². The van der Waals surface area contributed by atoms with Gasteiger partial charge in [0.05, 0.1) is 6.61 Å². The number of halogens is 4. The Morgan fingerprint density at radius 3 is 2.38 bits per heavy atom. The van der Waals surface area contributed by atoms with Crippen LogP contribution < -0.4 is 16.0 Å². The number of benzene rings is 2. The van der Waals surface area contributed by atoms with Crippen molar-refractivity contribution in [1.82, 2.24) is 10.2 Å². The van der Waals surface area contributed by atoms with Crippen LogP contribution in [-0.4, -0.2) is 66.1 Å². The summed E-state index contributed by atoms with van der Waals surface area (Å²) < 4.78 is 45.9. The zero-order valence-corrected chi connectivity index (χ0v) is 25.7. The number of likely N-dealkylation sites (N-methyl/N-ethyl adjacent to an activating group) is 1. The Morgan fingerprint density at radius 1 is 1.12 bits per heavy atom. The molecule has 232 valence electrons. The number of ether oxygens (including phenoxy) is 1. The predicted molar refractivity (Wildman–Crippen MR) is 160 cm³/mol. The second kappa shape index (κ2) is 16.0. The first-order valence-corrected chi connectivity index (χ1v) is 14.5. The van der Waals surface area contributed by atoms with Crippen molar-refractivity contribution in [2.75, 3.05) is 30.9 Å². The number of hydrogen-bond acceptors (Lipinski definition) is 7. The van der Waals surface area contributed by atoms with E-state index in [0.29, 0.717) is 25.0 Å². The third kappa shape index (κ3) is 9.02. The van der Waals surface area contributed by atoms with Gasteiger partial charge < -0.3 is 25.6 Å². The topological polar surface area (TPSA) is 105 Å². The molecule has 8 nitrogen and oxygen atoms in total. The summed E-state index contributed by atoms with van der Waals surface area (Å²) in [6, 6.07) is 7.37. The maximum Gasteiger partial charge on any atom is 0.329 e. The van der Waals surface area contributed by atoms with Crippen LogP contribution in [0.2, 0.25) is 0 Å². The van der Waals surface area contributed by atoms with Gasteiger partial charge in [-0.3, -0.25) is 9.59 Å². The summed E-state index contributed by atoms with van der Waals surface area (Å²) in [7, 11) is 1.83. The molecule has 0 spiro atoms. The molecule has 1 heterocycles. The summed E-state index contributed by atoms with van der Waals surface area (Å²) in [5.74, 6) is -3.80. The molecule has 3 rings (SSSR count). The second-order valence-corrected chi connectivity index (χ2v) is 11.5. The van der Waals surface area contributed by atoms with Gasteiger partial charge in [-0.05, 0) is 48.6 Å². The van der Waals surface area contributed by atoms with E-state index < -0.39 is 34.9 Å². The van der Waals surface area contributed by atoms with Gasteiger partial charge in [0, 0.05) is 50.1 Å². The van der Waals surface area contributed by atoms with E-state index in [2.05, 4.69) is 5.32 Å². The number of nitrogens with one attached hydrogen (secondary N) is 1. The maximum atomic E-state index is 14.0. The Kier molecular flexibility index (Phi) is 13.5. The highest BCUT2D eigenvalue weighted by Gasteiger charge is 2.35. The summed E-state index contributed by atoms with van der Waals surface area (Å²) in [4.78, 5) is 41.6. The zero-order valence-electron chi connectivity index (χ0n) is 24.1. The smallest absolute Gasteiger partial charge is 0.329 e. The fourth-order valence-electron chi connectivity index (χ4n) is 4.75. The van der Waals surface area contributed by atoms with Crippen molar-refractivity contribution in [2.45, 2.75) is 57.6 Å². The van der Waals surface area contributed by atoms with Crippen molar-refractivity contribution < 1.29 is 32.3 Å². The number of esters is 1. The highest BCUT2D eigenvalue weighted by Crippen LogP contribution is 2.26. The monoisotopic (exact) mass is 630 g/mol. The number of carbonyl (C=O) groups is 3. The molecule has 3 N–H and O–H groups in total. The molecule has 3 atom stereocenters. The third-order valence-corrected chi connectivity index (χ3v) is 8.03. The number of amides is 2. The minimum atomic E-state index is -1.30. The van der Waals surface area contributed by atoms with E-state index in [1.165, 1.54) is 16.7 Å². The standard InChI is InChI=1S/C29H37F3N4O4S.ClH/c1-5-40-29(39)26(17(2)3)35(4)21-8-6-18(7-9-21)16-34-27(38)28-36(10-11-41-28)25(37)14-20(33)12-19-13-23(31)24(32)15-22(19)30;/h6-9,13,15,17,20,26,28H,5,10-12,14,16,33H2,1-4H3,(H,34,38);1H/t20-,26?,28?;/m1./s1. The van der Waals surface area contributed by atoms with Crippen LogP contribution in [-0.2, 0) is 32.1 Å². The van der Waals surface area contributed by atoms with E-state index in [0.717, 1.165) is 17.3 Å². The summed E-state index contributed by atoms with van der Waals surface area (Å²) in [5, 5.41) is 2.12. The molecule has 0 aliphatic carbocycles. The van der Waals surface area contributed by atoms with Crippen LogP contribution in [0.5, 0.6) is 0 Å². The van der Waals surface area contributed by atoms with Crippen molar-refractivity contribution >= 4 is 47.6 Å². The van der Waals surface area contributed by atoms with Crippen LogP contribution in [0.25, 0.3) is 0 Å². The van der Waals surface area contributed by atoms with Gasteiger partial charge in [0.2, 0.25) is 5.91 Å². The SMILES string of the molecule is CCOC(=O)C(C(C)C)N(C)c1ccc(CNC(=O)C2SCCN2C(=O)C[C@H](N)Cc2cc(F)c(F)cc2F)cc1.Cl. The first kappa shape index (κ1) is 35.2. The Hall–Kier alpha value is -2.96. The van der Waals surface area contributed by atoms with Gasteiger partial charge in [0.15, 0.2) is 17.0 Å². The average molecular weight is 631 g/mol. The molecule has 2 unspecified atom stereocenters. The molecule has 42 heavy (non-hydrogen) atoms. The summed E-state index contributed by atoms with van der Waals surface area (Å²) in [5.41, 5.74) is 7.57. The minimum absolute atomic E-state index is 0. The highest BCUT2D eigenvalue weighted by molar-refractivity contribution is 8.00. The Labute approximate surface area is 254 Å². The number of rotatable bonds is 12. The molecule has 0 saturated carbocycles. The Balaban J connectivity index is 0.00000616. The molecular formula is C29H38ClF3N4O4S. The molecule has 0 bridgehead atoms. The first-order valence-electron chi connectivity index (χ1n) is 13.5. The van der Waals surface area contributed by atoms with Gasteiger partial charge in [-0.25, -0.2) is 18.0 Å². The van der Waals surface area contributed by atoms with Gasteiger partial charge in [0.1, 0.15) is 11.9 Å². The van der Waals surface area contributed by atoms with E-state index in [9.17, 15) is 27.6 Å². The number of nitrogens with zero attached hydrogens (tertiary/aromatic N) is 2. The summed E-state index contributed by atoms with van der Waals surface area (Å²) in [6.07, 6.45) is -0.337. The summed E-state index contributed by atoms with van der Waals surface area (Å²) >= 11 is 1.33. The van der Waals surface area contributed by atoms with Crippen LogP contribution in [0.1, 0.15) is 38.3 Å². The predicted octanol–water partition coefficient (Wildman–Crippen LogP) is 4.03. The highest BCUT2D eigenvalue weighted by atomic mass is 35.5. The molecule has 1 aliphatic heterocycles. The normalized spacial score (nSPS) is 16.0. The van der Waals surface area contributed by atoms with Gasteiger partial charge >= 0.3 is 5.97 Å². The lowest BCUT2D eigenvalue weighted by molar-refractivity contribution is -0.145. The van der Waals surface area contributed by atoms with Crippen molar-refractivity contribution in [3.63, 3.8) is 0 Å². The Bertz CT molecular complexity index is 1240. The molecule has 2 aromatic carbocycles. The first-order chi connectivity index (χ1) is 19.4. The number of anilines is 1. The van der Waals surface area contributed by atoms with Gasteiger partial charge in [-0.2, -0.15) is 0 Å². The number of nitrogens with two attached hydrogens (primary N) is 1. The zero-order chi connectivity index (χ0) is 30.3. The van der Waals surface area contributed by atoms with Crippen molar-refractivity contribution in [1.29, 1.82) is 0 Å². The Morgan fingerprint density at radius 2 is 1.76 bits per heavy atom. The average Bonchev–Trinajstić information content (AvgIpc) is 3.41. The molecule has 1 fully saturated rings. The van der Waals surface area contributed by atoms with Crippen molar-refractivity contribution in [3.05, 3.63) is 65.0 Å². The molecular weight excluding hydrogens is 593 g/mol. The number of thioether (sulfide) groups is 1. The molecule has 13 heteroatoms. The fraction of sp³-hybridized carbons (Fsp3) is 0.483. The lowest BCUT2D eigenvalue weighted by Crippen LogP contribution is -2.46. The van der Waals surface area contributed by atoms with Crippen LogP contribution in [0.4, 0.5) is 18.9 Å². The molecule has 0 aromatic heterocycles. The van der Waals surface area contributed by atoms with E-state index in [1.807, 2.05) is 50.1 Å². The molecule has 1 aliphatic rings. The van der Waals surface area contributed by atoms with Crippen LogP contribution in [0.3, 0.4) is 0 Å². The lowest BCUT2D eigenvalue weighted by atomic mass is 10.0. The van der Waals surface area contributed by atoms with Gasteiger partial charge in [-0.1, -0.05) is 26.0 Å². The maximum absolute atomic E-state index is 14.0. The molecule has 0 radical (unpaired) electrons. The number of hydrogen-bond donors (Lipinski definition) is 2. The summed E-state index contributed by atoms with van der Waals surface area (Å²) in [6.45, 7) is 6.58. The van der Waals surface area contributed by atoms with Crippen LogP contribution in [0.15, 0.2) is 36.4 Å². The van der Waals surface area contributed by atoms with Gasteiger partial charge in [-0.15, -0.1) is 24.2 Å².